The van der Waals surface area contributed by atoms with E-state index >= 15 is 0 Å². The summed E-state index contributed by atoms with van der Waals surface area (Å²) in [7, 11) is 0. The lowest BCUT2D eigenvalue weighted by Gasteiger charge is -2.02. The second-order valence-corrected chi connectivity index (χ2v) is 3.72. The third kappa shape index (κ3) is 3.34. The van der Waals surface area contributed by atoms with Crippen molar-refractivity contribution in [2.45, 2.75) is 26.2 Å². The summed E-state index contributed by atoms with van der Waals surface area (Å²) in [5, 5.41) is 21.3. The molecular weight excluding hydrogens is 240 g/mol. The van der Waals surface area contributed by atoms with Gasteiger partial charge >= 0.3 is 0 Å². The normalized spacial score (nSPS) is 10.1. The van der Waals surface area contributed by atoms with E-state index in [0.29, 0.717) is 12.0 Å². The van der Waals surface area contributed by atoms with Gasteiger partial charge in [0.1, 0.15) is 5.78 Å². The second kappa shape index (κ2) is 5.85. The first-order valence-corrected chi connectivity index (χ1v) is 5.39. The maximum Gasteiger partial charge on any atom is 0.279 e. The smallest absolute Gasteiger partial charge is 0.279 e. The summed E-state index contributed by atoms with van der Waals surface area (Å²) in [5.74, 6) is 0.00245. The Labute approximate surface area is 103 Å². The molecule has 0 N–H and O–H groups in total. The lowest BCUT2D eigenvalue weighted by molar-refractivity contribution is -0.394. The molecule has 0 bridgehead atoms. The van der Waals surface area contributed by atoms with Crippen molar-refractivity contribution in [1.29, 1.82) is 0 Å². The number of rotatable bonds is 6. The number of carbonyl (C=O) groups excluding carboxylic acids is 1. The van der Waals surface area contributed by atoms with Gasteiger partial charge in [0.15, 0.2) is 0 Å². The van der Waals surface area contributed by atoms with Gasteiger partial charge in [0.2, 0.25) is 0 Å². The number of hydrogen-bond acceptors (Lipinski definition) is 5. The van der Waals surface area contributed by atoms with Crippen LogP contribution in [0.1, 0.15) is 25.3 Å². The molecule has 0 heterocycles. The first kappa shape index (κ1) is 13.8. The molecule has 7 heteroatoms. The first-order chi connectivity index (χ1) is 8.45. The molecule has 0 amide bonds. The third-order valence-corrected chi connectivity index (χ3v) is 2.54. The largest absolute Gasteiger partial charge is 0.300 e. The fourth-order valence-electron chi connectivity index (χ4n) is 1.50. The van der Waals surface area contributed by atoms with E-state index in [2.05, 4.69) is 0 Å². The van der Waals surface area contributed by atoms with E-state index in [1.807, 2.05) is 0 Å². The van der Waals surface area contributed by atoms with E-state index in [0.717, 1.165) is 6.07 Å². The summed E-state index contributed by atoms with van der Waals surface area (Å²) in [4.78, 5) is 31.1. The SMILES string of the molecule is CCC(=O)CCc1ccc([N+](=O)[O-])cc1[N+](=O)[O-]. The van der Waals surface area contributed by atoms with Crippen molar-refractivity contribution in [3.8, 4) is 0 Å². The van der Waals surface area contributed by atoms with Crippen molar-refractivity contribution in [1.82, 2.24) is 0 Å². The number of Topliss-reactive ketones (excluding diaryl/α,β-unsaturated/α-hetero) is 1. The van der Waals surface area contributed by atoms with Crippen LogP contribution in [0.2, 0.25) is 0 Å². The molecule has 1 aromatic rings. The Bertz CT molecular complexity index is 498. The number of carbonyl (C=O) groups is 1. The van der Waals surface area contributed by atoms with Gasteiger partial charge < -0.3 is 0 Å². The van der Waals surface area contributed by atoms with Crippen molar-refractivity contribution in [3.05, 3.63) is 44.0 Å². The van der Waals surface area contributed by atoms with Gasteiger partial charge in [-0.1, -0.05) is 6.92 Å². The molecule has 0 unspecified atom stereocenters. The summed E-state index contributed by atoms with van der Waals surface area (Å²) >= 11 is 0. The minimum absolute atomic E-state index is 0.00245. The van der Waals surface area contributed by atoms with Gasteiger partial charge in [-0.2, -0.15) is 0 Å². The Kier molecular flexibility index (Phi) is 4.47. The highest BCUT2D eigenvalue weighted by Crippen LogP contribution is 2.25. The van der Waals surface area contributed by atoms with Crippen molar-refractivity contribution in [2.24, 2.45) is 0 Å². The molecule has 0 aliphatic rings. The van der Waals surface area contributed by atoms with Gasteiger partial charge in [0.05, 0.1) is 15.9 Å². The Morgan fingerprint density at radius 2 is 1.89 bits per heavy atom. The number of nitrogens with zero attached hydrogens (tertiary/aromatic N) is 2. The highest BCUT2D eigenvalue weighted by Gasteiger charge is 2.19. The van der Waals surface area contributed by atoms with E-state index in [4.69, 9.17) is 0 Å². The number of nitro benzene ring substituents is 2. The van der Waals surface area contributed by atoms with Gasteiger partial charge in [-0.15, -0.1) is 0 Å². The zero-order valence-electron chi connectivity index (χ0n) is 9.79. The Balaban J connectivity index is 3.00. The fourth-order valence-corrected chi connectivity index (χ4v) is 1.50. The van der Waals surface area contributed by atoms with Gasteiger partial charge in [-0.05, 0) is 12.5 Å². The monoisotopic (exact) mass is 252 g/mol. The molecule has 0 aliphatic heterocycles. The van der Waals surface area contributed by atoms with Gasteiger partial charge in [0, 0.05) is 24.5 Å². The van der Waals surface area contributed by atoms with Crippen molar-refractivity contribution >= 4 is 17.2 Å². The maximum atomic E-state index is 11.2. The van der Waals surface area contributed by atoms with Gasteiger partial charge in [-0.3, -0.25) is 25.0 Å². The molecule has 1 aromatic carbocycles. The van der Waals surface area contributed by atoms with Crippen molar-refractivity contribution in [3.63, 3.8) is 0 Å². The van der Waals surface area contributed by atoms with Crippen molar-refractivity contribution in [2.75, 3.05) is 0 Å². The minimum Gasteiger partial charge on any atom is -0.300 e. The molecule has 0 saturated heterocycles. The summed E-state index contributed by atoms with van der Waals surface area (Å²) in [5.41, 5.74) is -0.298. The highest BCUT2D eigenvalue weighted by molar-refractivity contribution is 5.78. The van der Waals surface area contributed by atoms with Crippen LogP contribution in [0, 0.1) is 20.2 Å². The molecular formula is C11H12N2O5. The lowest BCUT2D eigenvalue weighted by atomic mass is 10.0. The molecule has 0 fully saturated rings. The minimum atomic E-state index is -0.687. The van der Waals surface area contributed by atoms with Crippen molar-refractivity contribution < 1.29 is 14.6 Å². The summed E-state index contributed by atoms with van der Waals surface area (Å²) in [6, 6.07) is 3.46. The van der Waals surface area contributed by atoms with Crippen LogP contribution in [0.5, 0.6) is 0 Å². The average Bonchev–Trinajstić information content (AvgIpc) is 2.35. The topological polar surface area (TPSA) is 103 Å². The predicted octanol–water partition coefficient (Wildman–Crippen LogP) is 2.41. The molecule has 7 nitrogen and oxygen atoms in total. The van der Waals surface area contributed by atoms with Crippen LogP contribution in [-0.4, -0.2) is 15.6 Å². The molecule has 0 radical (unpaired) electrons. The second-order valence-electron chi connectivity index (χ2n) is 3.72. The number of benzene rings is 1. The highest BCUT2D eigenvalue weighted by atomic mass is 16.6. The van der Waals surface area contributed by atoms with E-state index in [9.17, 15) is 25.0 Å². The van der Waals surface area contributed by atoms with Gasteiger partial charge in [-0.25, -0.2) is 0 Å². The molecule has 96 valence electrons. The lowest BCUT2D eigenvalue weighted by Crippen LogP contribution is -2.02. The fraction of sp³-hybridized carbons (Fsp3) is 0.364. The zero-order valence-corrected chi connectivity index (χ0v) is 9.79. The first-order valence-electron chi connectivity index (χ1n) is 5.39. The van der Waals surface area contributed by atoms with Crippen LogP contribution in [-0.2, 0) is 11.2 Å². The summed E-state index contributed by atoms with van der Waals surface area (Å²) < 4.78 is 0. The van der Waals surface area contributed by atoms with Crippen LogP contribution >= 0.6 is 0 Å². The third-order valence-electron chi connectivity index (χ3n) is 2.54. The Morgan fingerprint density at radius 1 is 1.22 bits per heavy atom. The average molecular weight is 252 g/mol. The molecule has 0 aliphatic carbocycles. The number of hydrogen-bond donors (Lipinski definition) is 0. The van der Waals surface area contributed by atoms with Crippen LogP contribution in [0.25, 0.3) is 0 Å². The number of ketones is 1. The van der Waals surface area contributed by atoms with E-state index in [-0.39, 0.29) is 30.0 Å². The molecule has 1 rings (SSSR count). The Hall–Kier alpha value is -2.31. The summed E-state index contributed by atoms with van der Waals surface area (Å²) in [6.07, 6.45) is 0.802. The quantitative estimate of drug-likeness (QED) is 0.571. The molecule has 0 spiro atoms. The Morgan fingerprint density at radius 3 is 2.39 bits per heavy atom. The van der Waals surface area contributed by atoms with Crippen LogP contribution in [0.3, 0.4) is 0 Å². The van der Waals surface area contributed by atoms with E-state index in [1.165, 1.54) is 12.1 Å². The van der Waals surface area contributed by atoms with Crippen LogP contribution in [0.15, 0.2) is 18.2 Å². The molecule has 0 aromatic heterocycles. The predicted molar refractivity (Wildman–Crippen MR) is 63.4 cm³/mol. The van der Waals surface area contributed by atoms with Crippen LogP contribution < -0.4 is 0 Å². The standard InChI is InChI=1S/C11H12N2O5/c1-2-10(14)6-4-8-3-5-9(12(15)16)7-11(8)13(17)18/h3,5,7H,2,4,6H2,1H3. The van der Waals surface area contributed by atoms with E-state index < -0.39 is 9.85 Å². The molecule has 0 atom stereocenters. The number of aryl methyl sites for hydroxylation is 1. The van der Waals surface area contributed by atoms with E-state index in [1.54, 1.807) is 6.92 Å². The van der Waals surface area contributed by atoms with Gasteiger partial charge in [0.25, 0.3) is 11.4 Å². The maximum absolute atomic E-state index is 11.2. The summed E-state index contributed by atoms with van der Waals surface area (Å²) in [6.45, 7) is 1.71. The number of nitro groups is 2. The van der Waals surface area contributed by atoms with Crippen LogP contribution in [0.4, 0.5) is 11.4 Å². The molecule has 0 saturated carbocycles. The number of non-ortho nitro benzene ring substituents is 1. The zero-order chi connectivity index (χ0) is 13.7. The molecule has 18 heavy (non-hydrogen) atoms.